The lowest BCUT2D eigenvalue weighted by Crippen LogP contribution is -2.29. The summed E-state index contributed by atoms with van der Waals surface area (Å²) < 4.78 is 13.6. The molecule has 1 aromatic carbocycles. The van der Waals surface area contributed by atoms with E-state index < -0.39 is 10.7 Å². The molecule has 5 nitrogen and oxygen atoms in total. The van der Waals surface area contributed by atoms with Gasteiger partial charge in [-0.1, -0.05) is 0 Å². The molecule has 1 aromatic rings. The predicted molar refractivity (Wildman–Crippen MR) is 60.0 cm³/mol. The van der Waals surface area contributed by atoms with E-state index in [-0.39, 0.29) is 5.69 Å². The maximum Gasteiger partial charge on any atom is 0.272 e. The third-order valence-corrected chi connectivity index (χ3v) is 2.26. The number of hydrogen-bond donors (Lipinski definition) is 1. The van der Waals surface area contributed by atoms with Crippen LogP contribution in [0.15, 0.2) is 18.2 Å². The van der Waals surface area contributed by atoms with Crippen LogP contribution in [0.4, 0.5) is 15.8 Å². The van der Waals surface area contributed by atoms with E-state index in [9.17, 15) is 14.5 Å². The SMILES string of the molecule is CCN(CCN)c1ccc([N+](=O)[O-])cc1F. The molecule has 0 spiro atoms. The third kappa shape index (κ3) is 2.66. The van der Waals surface area contributed by atoms with Crippen molar-refractivity contribution >= 4 is 11.4 Å². The molecule has 1 rings (SSSR count). The maximum atomic E-state index is 13.6. The first-order valence-corrected chi connectivity index (χ1v) is 4.99. The molecule has 0 aliphatic carbocycles. The number of nitro benzene ring substituents is 1. The van der Waals surface area contributed by atoms with E-state index in [2.05, 4.69) is 0 Å². The second kappa shape index (κ2) is 5.41. The van der Waals surface area contributed by atoms with Gasteiger partial charge in [-0.15, -0.1) is 0 Å². The number of hydrogen-bond acceptors (Lipinski definition) is 4. The van der Waals surface area contributed by atoms with E-state index in [0.29, 0.717) is 25.3 Å². The minimum atomic E-state index is -0.619. The van der Waals surface area contributed by atoms with E-state index in [1.165, 1.54) is 12.1 Å². The molecule has 0 radical (unpaired) electrons. The Morgan fingerprint density at radius 3 is 2.69 bits per heavy atom. The predicted octanol–water partition coefficient (Wildman–Crippen LogP) is 1.52. The fourth-order valence-corrected chi connectivity index (χ4v) is 1.47. The zero-order chi connectivity index (χ0) is 12.1. The van der Waals surface area contributed by atoms with Crippen LogP contribution in [0.3, 0.4) is 0 Å². The Hall–Kier alpha value is -1.69. The Labute approximate surface area is 92.8 Å². The Morgan fingerprint density at radius 2 is 2.25 bits per heavy atom. The molecular formula is C10H14FN3O2. The van der Waals surface area contributed by atoms with E-state index in [1.807, 2.05) is 6.92 Å². The molecule has 0 saturated heterocycles. The molecule has 2 N–H and O–H groups in total. The van der Waals surface area contributed by atoms with E-state index >= 15 is 0 Å². The van der Waals surface area contributed by atoms with Crippen molar-refractivity contribution < 1.29 is 9.31 Å². The zero-order valence-electron chi connectivity index (χ0n) is 9.02. The summed E-state index contributed by atoms with van der Waals surface area (Å²) in [6, 6.07) is 3.62. The monoisotopic (exact) mass is 227 g/mol. The smallest absolute Gasteiger partial charge is 0.272 e. The first-order valence-electron chi connectivity index (χ1n) is 4.99. The molecule has 0 aromatic heterocycles. The van der Waals surface area contributed by atoms with E-state index in [1.54, 1.807) is 4.90 Å². The summed E-state index contributed by atoms with van der Waals surface area (Å²) in [5.74, 6) is -0.593. The summed E-state index contributed by atoms with van der Waals surface area (Å²) in [5.41, 5.74) is 5.50. The molecule has 0 unspecified atom stereocenters. The lowest BCUT2D eigenvalue weighted by atomic mass is 10.2. The van der Waals surface area contributed by atoms with Gasteiger partial charge in [-0.2, -0.15) is 0 Å². The van der Waals surface area contributed by atoms with Crippen LogP contribution in [0.1, 0.15) is 6.92 Å². The highest BCUT2D eigenvalue weighted by molar-refractivity contribution is 5.52. The lowest BCUT2D eigenvalue weighted by Gasteiger charge is -2.22. The zero-order valence-corrected chi connectivity index (χ0v) is 9.02. The first-order chi connectivity index (χ1) is 7.60. The van der Waals surface area contributed by atoms with Crippen LogP contribution in [-0.2, 0) is 0 Å². The maximum absolute atomic E-state index is 13.6. The van der Waals surface area contributed by atoms with Gasteiger partial charge in [0.1, 0.15) is 0 Å². The van der Waals surface area contributed by atoms with Gasteiger partial charge < -0.3 is 10.6 Å². The quantitative estimate of drug-likeness (QED) is 0.611. The second-order valence-electron chi connectivity index (χ2n) is 3.26. The fraction of sp³-hybridized carbons (Fsp3) is 0.400. The number of nitrogens with two attached hydrogens (primary N) is 1. The average Bonchev–Trinajstić information content (AvgIpc) is 2.26. The highest BCUT2D eigenvalue weighted by atomic mass is 19.1. The lowest BCUT2D eigenvalue weighted by molar-refractivity contribution is -0.385. The molecule has 0 aliphatic rings. The fourth-order valence-electron chi connectivity index (χ4n) is 1.47. The molecule has 0 atom stereocenters. The van der Waals surface area contributed by atoms with Crippen LogP contribution < -0.4 is 10.6 Å². The van der Waals surface area contributed by atoms with Gasteiger partial charge in [0.15, 0.2) is 5.82 Å². The largest absolute Gasteiger partial charge is 0.368 e. The number of nitrogens with zero attached hydrogens (tertiary/aromatic N) is 2. The van der Waals surface area contributed by atoms with Crippen LogP contribution in [0.25, 0.3) is 0 Å². The normalized spacial score (nSPS) is 10.2. The summed E-state index contributed by atoms with van der Waals surface area (Å²) in [6.45, 7) is 3.40. The number of halogens is 1. The Morgan fingerprint density at radius 1 is 1.56 bits per heavy atom. The van der Waals surface area contributed by atoms with Crippen LogP contribution in [0, 0.1) is 15.9 Å². The van der Waals surface area contributed by atoms with Gasteiger partial charge in [-0.05, 0) is 13.0 Å². The Bertz CT molecular complexity index is 384. The van der Waals surface area contributed by atoms with Gasteiger partial charge in [0, 0.05) is 25.7 Å². The molecule has 0 saturated carbocycles. The highest BCUT2D eigenvalue weighted by Crippen LogP contribution is 2.23. The van der Waals surface area contributed by atoms with Crippen molar-refractivity contribution in [2.75, 3.05) is 24.5 Å². The minimum absolute atomic E-state index is 0.245. The van der Waals surface area contributed by atoms with Crippen molar-refractivity contribution in [2.45, 2.75) is 6.92 Å². The van der Waals surface area contributed by atoms with Crippen LogP contribution >= 0.6 is 0 Å². The van der Waals surface area contributed by atoms with Gasteiger partial charge in [-0.3, -0.25) is 10.1 Å². The molecule has 0 aliphatic heterocycles. The summed E-state index contributed by atoms with van der Waals surface area (Å²) in [6.07, 6.45) is 0. The Kier molecular flexibility index (Phi) is 4.19. The van der Waals surface area contributed by atoms with Gasteiger partial charge in [-0.25, -0.2) is 4.39 Å². The summed E-state index contributed by atoms with van der Waals surface area (Å²) in [5, 5.41) is 10.4. The molecule has 0 bridgehead atoms. The Balaban J connectivity index is 3.01. The minimum Gasteiger partial charge on any atom is -0.368 e. The van der Waals surface area contributed by atoms with Gasteiger partial charge >= 0.3 is 0 Å². The van der Waals surface area contributed by atoms with Crippen LogP contribution in [-0.4, -0.2) is 24.6 Å². The summed E-state index contributed by atoms with van der Waals surface area (Å²) in [7, 11) is 0. The van der Waals surface area contributed by atoms with Crippen molar-refractivity contribution in [3.8, 4) is 0 Å². The molecule has 0 fully saturated rings. The van der Waals surface area contributed by atoms with E-state index in [4.69, 9.17) is 5.73 Å². The van der Waals surface area contributed by atoms with Crippen LogP contribution in [0.2, 0.25) is 0 Å². The number of likely N-dealkylation sites (N-methyl/N-ethyl adjacent to an activating group) is 1. The van der Waals surface area contributed by atoms with Crippen molar-refractivity contribution in [1.29, 1.82) is 0 Å². The molecular weight excluding hydrogens is 213 g/mol. The van der Waals surface area contributed by atoms with Crippen LogP contribution in [0.5, 0.6) is 0 Å². The molecule has 0 amide bonds. The second-order valence-corrected chi connectivity index (χ2v) is 3.26. The topological polar surface area (TPSA) is 72.4 Å². The van der Waals surface area contributed by atoms with Gasteiger partial charge in [0.2, 0.25) is 0 Å². The standard InChI is InChI=1S/C10H14FN3O2/c1-2-13(6-5-12)10-4-3-8(14(15)16)7-9(10)11/h3-4,7H,2,5-6,12H2,1H3. The number of benzene rings is 1. The van der Waals surface area contributed by atoms with Crippen molar-refractivity contribution in [1.82, 2.24) is 0 Å². The highest BCUT2D eigenvalue weighted by Gasteiger charge is 2.14. The number of non-ortho nitro benzene ring substituents is 1. The molecule has 0 heterocycles. The number of nitro groups is 1. The first kappa shape index (κ1) is 12.4. The van der Waals surface area contributed by atoms with Gasteiger partial charge in [0.25, 0.3) is 5.69 Å². The number of rotatable bonds is 5. The third-order valence-electron chi connectivity index (χ3n) is 2.26. The van der Waals surface area contributed by atoms with Gasteiger partial charge in [0.05, 0.1) is 16.7 Å². The summed E-state index contributed by atoms with van der Waals surface area (Å²) >= 11 is 0. The van der Waals surface area contributed by atoms with Crippen molar-refractivity contribution in [3.05, 3.63) is 34.1 Å². The average molecular weight is 227 g/mol. The van der Waals surface area contributed by atoms with Crippen molar-refractivity contribution in [2.24, 2.45) is 5.73 Å². The molecule has 88 valence electrons. The number of anilines is 1. The van der Waals surface area contributed by atoms with E-state index in [0.717, 1.165) is 6.07 Å². The van der Waals surface area contributed by atoms with Crippen molar-refractivity contribution in [3.63, 3.8) is 0 Å². The molecule has 6 heteroatoms. The molecule has 16 heavy (non-hydrogen) atoms. The summed E-state index contributed by atoms with van der Waals surface area (Å²) in [4.78, 5) is 11.6.